The first-order valence-corrected chi connectivity index (χ1v) is 7.66. The van der Waals surface area contributed by atoms with E-state index in [9.17, 15) is 0 Å². The smallest absolute Gasteiger partial charge is 0.126 e. The summed E-state index contributed by atoms with van der Waals surface area (Å²) in [5, 5.41) is 3.07. The van der Waals surface area contributed by atoms with Crippen LogP contribution in [0.4, 0.5) is 5.82 Å². The number of nitrogens with one attached hydrogen (secondary N) is 1. The summed E-state index contributed by atoms with van der Waals surface area (Å²) >= 11 is 0. The first kappa shape index (κ1) is 14.9. The van der Waals surface area contributed by atoms with Crippen LogP contribution in [0.3, 0.4) is 0 Å². The van der Waals surface area contributed by atoms with E-state index < -0.39 is 0 Å². The fraction of sp³-hybridized carbons (Fsp3) is 0.412. The Bertz CT molecular complexity index is 632. The van der Waals surface area contributed by atoms with Crippen LogP contribution in [0.25, 0.3) is 0 Å². The molecular formula is C17H22N4O. The van der Waals surface area contributed by atoms with Gasteiger partial charge in [-0.1, -0.05) is 12.1 Å². The zero-order valence-electron chi connectivity index (χ0n) is 13.1. The van der Waals surface area contributed by atoms with Crippen LogP contribution in [0.5, 0.6) is 0 Å². The molecule has 2 aromatic heterocycles. The molecule has 1 aliphatic rings. The van der Waals surface area contributed by atoms with E-state index in [1.54, 1.807) is 0 Å². The van der Waals surface area contributed by atoms with E-state index in [1.165, 1.54) is 0 Å². The van der Waals surface area contributed by atoms with Gasteiger partial charge in [-0.3, -0.25) is 9.88 Å². The molecular weight excluding hydrogens is 276 g/mol. The van der Waals surface area contributed by atoms with Crippen LogP contribution in [-0.4, -0.2) is 41.6 Å². The number of hydrogen-bond acceptors (Lipinski definition) is 5. The minimum Gasteiger partial charge on any atom is -0.373 e. The highest BCUT2D eigenvalue weighted by Gasteiger charge is 2.23. The van der Waals surface area contributed by atoms with Crippen molar-refractivity contribution in [1.29, 1.82) is 0 Å². The maximum atomic E-state index is 5.90. The molecule has 0 bridgehead atoms. The largest absolute Gasteiger partial charge is 0.373 e. The summed E-state index contributed by atoms with van der Waals surface area (Å²) in [6.07, 6.45) is 0.0202. The van der Waals surface area contributed by atoms with Gasteiger partial charge in [-0.2, -0.15) is 0 Å². The molecule has 0 spiro atoms. The quantitative estimate of drug-likeness (QED) is 0.939. The molecule has 2 aromatic rings. The van der Waals surface area contributed by atoms with Gasteiger partial charge in [0.1, 0.15) is 11.9 Å². The van der Waals surface area contributed by atoms with Crippen LogP contribution in [0.1, 0.15) is 23.2 Å². The molecule has 1 N–H and O–H groups in total. The zero-order valence-corrected chi connectivity index (χ0v) is 13.1. The summed E-state index contributed by atoms with van der Waals surface area (Å²) in [6.45, 7) is 5.38. The van der Waals surface area contributed by atoms with Gasteiger partial charge < -0.3 is 10.1 Å². The second-order valence-electron chi connectivity index (χ2n) is 5.56. The average molecular weight is 298 g/mol. The van der Waals surface area contributed by atoms with Gasteiger partial charge in [0, 0.05) is 32.4 Å². The summed E-state index contributed by atoms with van der Waals surface area (Å²) in [4.78, 5) is 11.6. The van der Waals surface area contributed by atoms with Crippen LogP contribution in [0.15, 0.2) is 36.4 Å². The van der Waals surface area contributed by atoms with E-state index in [-0.39, 0.29) is 6.10 Å². The molecule has 1 atom stereocenters. The van der Waals surface area contributed by atoms with E-state index in [1.807, 2.05) is 38.2 Å². The topological polar surface area (TPSA) is 50.3 Å². The second-order valence-corrected chi connectivity index (χ2v) is 5.56. The second kappa shape index (κ2) is 6.85. The van der Waals surface area contributed by atoms with Crippen molar-refractivity contribution >= 4 is 5.82 Å². The maximum Gasteiger partial charge on any atom is 0.126 e. The van der Waals surface area contributed by atoms with Crippen molar-refractivity contribution in [1.82, 2.24) is 14.9 Å². The number of aromatic nitrogens is 2. The van der Waals surface area contributed by atoms with Gasteiger partial charge in [-0.15, -0.1) is 0 Å². The van der Waals surface area contributed by atoms with Crippen molar-refractivity contribution in [3.8, 4) is 0 Å². The third-order valence-electron chi connectivity index (χ3n) is 3.84. The van der Waals surface area contributed by atoms with Gasteiger partial charge in [0.2, 0.25) is 0 Å². The Morgan fingerprint density at radius 3 is 2.91 bits per heavy atom. The highest BCUT2D eigenvalue weighted by atomic mass is 16.5. The first-order chi connectivity index (χ1) is 10.7. The first-order valence-electron chi connectivity index (χ1n) is 7.66. The molecule has 0 amide bonds. The molecule has 1 fully saturated rings. The number of pyridine rings is 2. The van der Waals surface area contributed by atoms with Crippen molar-refractivity contribution in [3.63, 3.8) is 0 Å². The molecule has 0 aromatic carbocycles. The van der Waals surface area contributed by atoms with Crippen molar-refractivity contribution in [3.05, 3.63) is 53.5 Å². The molecule has 116 valence electrons. The number of anilines is 1. The highest BCUT2D eigenvalue weighted by molar-refractivity contribution is 5.34. The normalized spacial score (nSPS) is 19.1. The Labute approximate surface area is 131 Å². The number of morpholine rings is 1. The van der Waals surface area contributed by atoms with E-state index in [4.69, 9.17) is 4.74 Å². The Hall–Kier alpha value is -1.98. The molecule has 3 heterocycles. The van der Waals surface area contributed by atoms with Crippen LogP contribution in [0, 0.1) is 6.92 Å². The minimum absolute atomic E-state index is 0.0202. The summed E-state index contributed by atoms with van der Waals surface area (Å²) in [6, 6.07) is 12.2. The molecule has 0 saturated carbocycles. The van der Waals surface area contributed by atoms with Gasteiger partial charge in [0.05, 0.1) is 18.0 Å². The van der Waals surface area contributed by atoms with Gasteiger partial charge in [-0.25, -0.2) is 4.98 Å². The van der Waals surface area contributed by atoms with Crippen LogP contribution >= 0.6 is 0 Å². The third-order valence-corrected chi connectivity index (χ3v) is 3.84. The Morgan fingerprint density at radius 1 is 1.23 bits per heavy atom. The number of rotatable bonds is 4. The van der Waals surface area contributed by atoms with E-state index >= 15 is 0 Å². The zero-order chi connectivity index (χ0) is 15.4. The number of aryl methyl sites for hydroxylation is 1. The summed E-state index contributed by atoms with van der Waals surface area (Å²) in [7, 11) is 1.88. The summed E-state index contributed by atoms with van der Waals surface area (Å²) in [5.74, 6) is 0.874. The van der Waals surface area contributed by atoms with Gasteiger partial charge >= 0.3 is 0 Å². The minimum atomic E-state index is 0.0202. The van der Waals surface area contributed by atoms with Crippen molar-refractivity contribution in [2.24, 2.45) is 0 Å². The standard InChI is InChI=1S/C17H22N4O/c1-13-5-3-6-14(19-13)11-21-9-10-22-16(12-21)15-7-4-8-17(18-2)20-15/h3-8,16H,9-12H2,1-2H3,(H,18,20)/t16-/m0/s1. The fourth-order valence-corrected chi connectivity index (χ4v) is 2.71. The number of ether oxygens (including phenoxy) is 1. The van der Waals surface area contributed by atoms with Gasteiger partial charge in [0.15, 0.2) is 0 Å². The Morgan fingerprint density at radius 2 is 2.09 bits per heavy atom. The highest BCUT2D eigenvalue weighted by Crippen LogP contribution is 2.22. The molecule has 5 heteroatoms. The maximum absolute atomic E-state index is 5.90. The van der Waals surface area contributed by atoms with Crippen LogP contribution in [0.2, 0.25) is 0 Å². The molecule has 0 radical (unpaired) electrons. The van der Waals surface area contributed by atoms with E-state index in [0.717, 1.165) is 49.1 Å². The summed E-state index contributed by atoms with van der Waals surface area (Å²) in [5.41, 5.74) is 3.15. The van der Waals surface area contributed by atoms with E-state index in [0.29, 0.717) is 0 Å². The number of nitrogens with zero attached hydrogens (tertiary/aromatic N) is 3. The predicted octanol–water partition coefficient (Wildman–Crippen LogP) is 2.40. The lowest BCUT2D eigenvalue weighted by Crippen LogP contribution is -2.38. The van der Waals surface area contributed by atoms with Crippen molar-refractivity contribution < 1.29 is 4.74 Å². The average Bonchev–Trinajstić information content (AvgIpc) is 2.55. The van der Waals surface area contributed by atoms with Crippen LogP contribution in [-0.2, 0) is 11.3 Å². The van der Waals surface area contributed by atoms with Gasteiger partial charge in [-0.05, 0) is 31.2 Å². The molecule has 22 heavy (non-hydrogen) atoms. The SMILES string of the molecule is CNc1cccc([C@@H]2CN(Cc3cccc(C)n3)CCO2)n1. The summed E-state index contributed by atoms with van der Waals surface area (Å²) < 4.78 is 5.90. The molecule has 1 saturated heterocycles. The molecule has 0 unspecified atom stereocenters. The predicted molar refractivity (Wildman–Crippen MR) is 86.7 cm³/mol. The molecule has 5 nitrogen and oxygen atoms in total. The number of hydrogen-bond donors (Lipinski definition) is 1. The van der Waals surface area contributed by atoms with E-state index in [2.05, 4.69) is 32.3 Å². The Balaban J connectivity index is 1.68. The monoisotopic (exact) mass is 298 g/mol. The van der Waals surface area contributed by atoms with Crippen LogP contribution < -0.4 is 5.32 Å². The molecule has 0 aliphatic carbocycles. The lowest BCUT2D eigenvalue weighted by molar-refractivity contribution is -0.0352. The van der Waals surface area contributed by atoms with Gasteiger partial charge in [0.25, 0.3) is 0 Å². The lowest BCUT2D eigenvalue weighted by atomic mass is 10.1. The molecule has 1 aliphatic heterocycles. The fourth-order valence-electron chi connectivity index (χ4n) is 2.71. The van der Waals surface area contributed by atoms with Crippen molar-refractivity contribution in [2.45, 2.75) is 19.6 Å². The third kappa shape index (κ3) is 3.61. The molecule has 3 rings (SSSR count). The lowest BCUT2D eigenvalue weighted by Gasteiger charge is -2.32. The Kier molecular flexibility index (Phi) is 4.65. The van der Waals surface area contributed by atoms with Crippen molar-refractivity contribution in [2.75, 3.05) is 32.1 Å².